The van der Waals surface area contributed by atoms with Crippen molar-refractivity contribution in [1.82, 2.24) is 20.5 Å². The Bertz CT molecular complexity index is 534. The van der Waals surface area contributed by atoms with Gasteiger partial charge in [0.25, 0.3) is 0 Å². The number of aromatic nitrogens is 1. The molecule has 0 saturated carbocycles. The van der Waals surface area contributed by atoms with Gasteiger partial charge in [-0.3, -0.25) is 4.99 Å². The van der Waals surface area contributed by atoms with Crippen LogP contribution in [0.25, 0.3) is 0 Å². The van der Waals surface area contributed by atoms with Crippen molar-refractivity contribution in [2.45, 2.75) is 19.5 Å². The van der Waals surface area contributed by atoms with Crippen LogP contribution >= 0.6 is 24.0 Å². The first-order valence-corrected chi connectivity index (χ1v) is 8.47. The molecule has 8 heteroatoms. The van der Waals surface area contributed by atoms with Crippen molar-refractivity contribution in [3.05, 3.63) is 23.9 Å². The van der Waals surface area contributed by atoms with E-state index in [0.29, 0.717) is 13.2 Å². The van der Waals surface area contributed by atoms with Gasteiger partial charge in [-0.25, -0.2) is 4.98 Å². The Labute approximate surface area is 168 Å². The zero-order chi connectivity index (χ0) is 17.4. The number of aliphatic imine (C=N–C) groups is 1. The predicted molar refractivity (Wildman–Crippen MR) is 114 cm³/mol. The Kier molecular flexibility index (Phi) is 10.1. The van der Waals surface area contributed by atoms with Crippen LogP contribution in [0.4, 0.5) is 5.82 Å². The van der Waals surface area contributed by atoms with E-state index in [2.05, 4.69) is 50.4 Å². The van der Waals surface area contributed by atoms with Crippen molar-refractivity contribution in [2.75, 3.05) is 58.9 Å². The number of ether oxygens (including phenoxy) is 1. The molecule has 1 aliphatic heterocycles. The molecule has 2 rings (SSSR count). The molecule has 1 aromatic rings. The van der Waals surface area contributed by atoms with E-state index >= 15 is 0 Å². The lowest BCUT2D eigenvalue weighted by Gasteiger charge is -2.34. The summed E-state index contributed by atoms with van der Waals surface area (Å²) < 4.78 is 5.15. The molecule has 1 aromatic heterocycles. The number of nitrogens with one attached hydrogen (secondary N) is 2. The maximum Gasteiger partial charge on any atom is 0.191 e. The fourth-order valence-electron chi connectivity index (χ4n) is 2.77. The van der Waals surface area contributed by atoms with Crippen molar-refractivity contribution in [2.24, 2.45) is 4.99 Å². The summed E-state index contributed by atoms with van der Waals surface area (Å²) in [4.78, 5) is 13.6. The molecule has 1 saturated heterocycles. The van der Waals surface area contributed by atoms with E-state index in [1.165, 1.54) is 5.56 Å². The molecule has 1 aliphatic rings. The van der Waals surface area contributed by atoms with Gasteiger partial charge in [0.1, 0.15) is 5.82 Å². The normalized spacial score (nSPS) is 17.0. The molecule has 0 spiro atoms. The highest BCUT2D eigenvalue weighted by Gasteiger charge is 2.18. The van der Waals surface area contributed by atoms with Crippen LogP contribution in [0.2, 0.25) is 0 Å². The third-order valence-corrected chi connectivity index (χ3v) is 4.14. The first kappa shape index (κ1) is 21.9. The number of anilines is 1. The van der Waals surface area contributed by atoms with E-state index in [0.717, 1.165) is 38.0 Å². The minimum Gasteiger partial charge on any atom is -0.383 e. The third kappa shape index (κ3) is 6.95. The monoisotopic (exact) mass is 462 g/mol. The Balaban J connectivity index is 0.00000312. The first-order chi connectivity index (χ1) is 11.6. The van der Waals surface area contributed by atoms with E-state index in [1.54, 1.807) is 14.2 Å². The second-order valence-corrected chi connectivity index (χ2v) is 6.20. The molecule has 2 N–H and O–H groups in total. The standard InChI is InChI=1S/C17H30N6O.HI/c1-14(13-24-4)21-17(18-2)20-12-15-6-5-7-19-16(15)23-10-8-22(3)9-11-23;/h5-7,14H,8-13H2,1-4H3,(H2,18,20,21);1H. The van der Waals surface area contributed by atoms with Crippen LogP contribution in [0.5, 0.6) is 0 Å². The first-order valence-electron chi connectivity index (χ1n) is 8.47. The highest BCUT2D eigenvalue weighted by molar-refractivity contribution is 14.0. The lowest BCUT2D eigenvalue weighted by Crippen LogP contribution is -2.46. The quantitative estimate of drug-likeness (QED) is 0.376. The van der Waals surface area contributed by atoms with Gasteiger partial charge in [0.05, 0.1) is 6.61 Å². The smallest absolute Gasteiger partial charge is 0.191 e. The zero-order valence-electron chi connectivity index (χ0n) is 15.7. The molecule has 2 heterocycles. The number of hydrogen-bond donors (Lipinski definition) is 2. The maximum absolute atomic E-state index is 5.15. The lowest BCUT2D eigenvalue weighted by atomic mass is 10.2. The van der Waals surface area contributed by atoms with Crippen molar-refractivity contribution < 1.29 is 4.74 Å². The van der Waals surface area contributed by atoms with Crippen molar-refractivity contribution in [3.63, 3.8) is 0 Å². The highest BCUT2D eigenvalue weighted by Crippen LogP contribution is 2.18. The molecular formula is C17H31IN6O. The molecule has 0 amide bonds. The van der Waals surface area contributed by atoms with Crippen LogP contribution in [0.3, 0.4) is 0 Å². The topological polar surface area (TPSA) is 65.0 Å². The summed E-state index contributed by atoms with van der Waals surface area (Å²) in [6, 6.07) is 4.31. The molecular weight excluding hydrogens is 431 g/mol. The number of nitrogens with zero attached hydrogens (tertiary/aromatic N) is 4. The van der Waals surface area contributed by atoms with Crippen LogP contribution in [0, 0.1) is 0 Å². The van der Waals surface area contributed by atoms with Crippen LogP contribution in [-0.4, -0.2) is 75.9 Å². The molecule has 7 nitrogen and oxygen atoms in total. The van der Waals surface area contributed by atoms with Crippen LogP contribution in [0.1, 0.15) is 12.5 Å². The van der Waals surface area contributed by atoms with Crippen molar-refractivity contribution in [3.8, 4) is 0 Å². The molecule has 25 heavy (non-hydrogen) atoms. The molecule has 0 radical (unpaired) electrons. The minimum atomic E-state index is 0. The fraction of sp³-hybridized carbons (Fsp3) is 0.647. The average molecular weight is 462 g/mol. The molecule has 0 aliphatic carbocycles. The van der Waals surface area contributed by atoms with Gasteiger partial charge < -0.3 is 25.2 Å². The molecule has 1 atom stereocenters. The van der Waals surface area contributed by atoms with Crippen molar-refractivity contribution in [1.29, 1.82) is 0 Å². The molecule has 142 valence electrons. The number of pyridine rings is 1. The largest absolute Gasteiger partial charge is 0.383 e. The molecule has 1 unspecified atom stereocenters. The third-order valence-electron chi connectivity index (χ3n) is 4.14. The average Bonchev–Trinajstić information content (AvgIpc) is 2.60. The van der Waals surface area contributed by atoms with Crippen LogP contribution in [0.15, 0.2) is 23.3 Å². The summed E-state index contributed by atoms with van der Waals surface area (Å²) in [5.41, 5.74) is 1.18. The Morgan fingerprint density at radius 2 is 2.08 bits per heavy atom. The number of halogens is 1. The number of likely N-dealkylation sites (N-methyl/N-ethyl adjacent to an activating group) is 1. The number of guanidine groups is 1. The summed E-state index contributed by atoms with van der Waals surface area (Å²) in [5, 5.41) is 6.69. The SMILES string of the molecule is CN=C(NCc1cccnc1N1CCN(C)CC1)NC(C)COC.I. The van der Waals surface area contributed by atoms with Crippen molar-refractivity contribution >= 4 is 35.8 Å². The number of rotatable bonds is 6. The second kappa shape index (κ2) is 11.5. The van der Waals surface area contributed by atoms with Gasteiger partial charge in [-0.15, -0.1) is 24.0 Å². The Morgan fingerprint density at radius 3 is 2.72 bits per heavy atom. The maximum atomic E-state index is 5.15. The Morgan fingerprint density at radius 1 is 1.36 bits per heavy atom. The molecule has 0 bridgehead atoms. The summed E-state index contributed by atoms with van der Waals surface area (Å²) in [5.74, 6) is 1.84. The summed E-state index contributed by atoms with van der Waals surface area (Å²) in [6.07, 6.45) is 1.87. The number of hydrogen-bond acceptors (Lipinski definition) is 5. The Hall–Kier alpha value is -1.13. The van der Waals surface area contributed by atoms with Gasteiger partial charge in [0, 0.05) is 64.7 Å². The van der Waals surface area contributed by atoms with Gasteiger partial charge in [0.2, 0.25) is 0 Å². The van der Waals surface area contributed by atoms with Gasteiger partial charge in [0.15, 0.2) is 5.96 Å². The summed E-state index contributed by atoms with van der Waals surface area (Å²) in [7, 11) is 5.64. The number of piperazine rings is 1. The zero-order valence-corrected chi connectivity index (χ0v) is 18.0. The summed E-state index contributed by atoms with van der Waals surface area (Å²) >= 11 is 0. The molecule has 0 aromatic carbocycles. The summed E-state index contributed by atoms with van der Waals surface area (Å²) in [6.45, 7) is 7.56. The van der Waals surface area contributed by atoms with E-state index in [4.69, 9.17) is 4.74 Å². The van der Waals surface area contributed by atoms with E-state index in [9.17, 15) is 0 Å². The number of methoxy groups -OCH3 is 1. The van der Waals surface area contributed by atoms with Gasteiger partial charge in [-0.05, 0) is 20.0 Å². The van der Waals surface area contributed by atoms with Gasteiger partial charge in [-0.2, -0.15) is 0 Å². The highest BCUT2D eigenvalue weighted by atomic mass is 127. The van der Waals surface area contributed by atoms with Crippen LogP contribution in [-0.2, 0) is 11.3 Å². The second-order valence-electron chi connectivity index (χ2n) is 6.20. The van der Waals surface area contributed by atoms with E-state index in [-0.39, 0.29) is 30.0 Å². The van der Waals surface area contributed by atoms with Crippen LogP contribution < -0.4 is 15.5 Å². The fourth-order valence-corrected chi connectivity index (χ4v) is 2.77. The lowest BCUT2D eigenvalue weighted by molar-refractivity contribution is 0.179. The van der Waals surface area contributed by atoms with E-state index in [1.807, 2.05) is 12.3 Å². The van der Waals surface area contributed by atoms with Gasteiger partial charge in [-0.1, -0.05) is 6.07 Å². The molecule has 1 fully saturated rings. The minimum absolute atomic E-state index is 0. The van der Waals surface area contributed by atoms with Gasteiger partial charge >= 0.3 is 0 Å². The van der Waals surface area contributed by atoms with E-state index < -0.39 is 0 Å². The predicted octanol–water partition coefficient (Wildman–Crippen LogP) is 1.15.